The lowest BCUT2D eigenvalue weighted by atomic mass is 10.0. The van der Waals surface area contributed by atoms with E-state index in [4.69, 9.17) is 9.47 Å². The molecule has 0 N–H and O–H groups in total. The molecule has 0 spiro atoms. The van der Waals surface area contributed by atoms with Crippen LogP contribution in [0.2, 0.25) is 0 Å². The highest BCUT2D eigenvalue weighted by Crippen LogP contribution is 2.36. The summed E-state index contributed by atoms with van der Waals surface area (Å²) < 4.78 is 9.86. The molecule has 0 bridgehead atoms. The molecule has 0 aliphatic heterocycles. The van der Waals surface area contributed by atoms with Gasteiger partial charge in [0.25, 0.3) is 0 Å². The molecule has 0 aromatic carbocycles. The van der Waals surface area contributed by atoms with Gasteiger partial charge in [-0.2, -0.15) is 0 Å². The molecule has 0 heterocycles. The molecule has 4 nitrogen and oxygen atoms in total. The van der Waals surface area contributed by atoms with E-state index in [1.807, 2.05) is 6.92 Å². The van der Waals surface area contributed by atoms with E-state index >= 15 is 0 Å². The lowest BCUT2D eigenvalue weighted by Crippen LogP contribution is -2.20. The molecule has 1 saturated carbocycles. The summed E-state index contributed by atoms with van der Waals surface area (Å²) in [7, 11) is 0. The van der Waals surface area contributed by atoms with Crippen molar-refractivity contribution in [2.45, 2.75) is 33.6 Å². The minimum Gasteiger partial charge on any atom is -0.462 e. The number of ether oxygens (including phenoxy) is 2. The maximum Gasteiger partial charge on any atom is 0.345 e. The normalized spacial score (nSPS) is 18.7. The van der Waals surface area contributed by atoms with Gasteiger partial charge in [0.05, 0.1) is 13.2 Å². The maximum absolute atomic E-state index is 11.9. The van der Waals surface area contributed by atoms with Crippen molar-refractivity contribution in [2.75, 3.05) is 13.2 Å². The van der Waals surface area contributed by atoms with Crippen LogP contribution in [-0.2, 0) is 19.1 Å². The van der Waals surface area contributed by atoms with Crippen LogP contribution in [0.3, 0.4) is 0 Å². The van der Waals surface area contributed by atoms with Crippen LogP contribution < -0.4 is 0 Å². The van der Waals surface area contributed by atoms with E-state index in [9.17, 15) is 9.59 Å². The van der Waals surface area contributed by atoms with Gasteiger partial charge in [-0.05, 0) is 43.8 Å². The van der Waals surface area contributed by atoms with E-state index in [0.29, 0.717) is 17.9 Å². The third-order valence-corrected chi connectivity index (χ3v) is 3.07. The minimum absolute atomic E-state index is 0.0213. The van der Waals surface area contributed by atoms with Crippen molar-refractivity contribution in [3.8, 4) is 0 Å². The summed E-state index contributed by atoms with van der Waals surface area (Å²) in [4.78, 5) is 23.8. The fourth-order valence-corrected chi connectivity index (χ4v) is 2.01. The molecule has 0 aromatic rings. The Morgan fingerprint density at radius 3 is 2.06 bits per heavy atom. The lowest BCUT2D eigenvalue weighted by molar-refractivity contribution is -0.146. The second kappa shape index (κ2) is 6.38. The Morgan fingerprint density at radius 2 is 1.72 bits per heavy atom. The van der Waals surface area contributed by atoms with Gasteiger partial charge in [-0.1, -0.05) is 13.5 Å². The van der Waals surface area contributed by atoms with Crippen LogP contribution in [-0.4, -0.2) is 25.2 Å². The summed E-state index contributed by atoms with van der Waals surface area (Å²) in [6.07, 6.45) is 1.57. The van der Waals surface area contributed by atoms with Crippen LogP contribution in [0, 0.1) is 5.92 Å². The Kier molecular flexibility index (Phi) is 5.13. The average Bonchev–Trinajstić information content (AvgIpc) is 2.62. The van der Waals surface area contributed by atoms with Gasteiger partial charge in [0.2, 0.25) is 0 Å². The van der Waals surface area contributed by atoms with Crippen LogP contribution in [0.5, 0.6) is 0 Å². The zero-order valence-electron chi connectivity index (χ0n) is 11.2. The zero-order chi connectivity index (χ0) is 13.7. The Balaban J connectivity index is 3.11. The third-order valence-electron chi connectivity index (χ3n) is 3.07. The molecule has 0 amide bonds. The van der Waals surface area contributed by atoms with E-state index in [-0.39, 0.29) is 18.8 Å². The van der Waals surface area contributed by atoms with Crippen LogP contribution >= 0.6 is 0 Å². The topological polar surface area (TPSA) is 52.6 Å². The summed E-state index contributed by atoms with van der Waals surface area (Å²) in [5.74, 6) is -0.929. The standard InChI is InChI=1S/C14H20O4/c1-5-17-13(15)12(14(16)18-6-2)11-8-7-9(3)10(11)4/h9H,4-8H2,1-3H3/t9-/m1/s1. The maximum atomic E-state index is 11.9. The van der Waals surface area contributed by atoms with E-state index < -0.39 is 11.9 Å². The molecular weight excluding hydrogens is 232 g/mol. The van der Waals surface area contributed by atoms with Gasteiger partial charge in [0.1, 0.15) is 5.57 Å². The number of carbonyl (C=O) groups is 2. The molecule has 1 aliphatic carbocycles. The van der Waals surface area contributed by atoms with Gasteiger partial charge in [-0.3, -0.25) is 0 Å². The molecule has 0 radical (unpaired) electrons. The lowest BCUT2D eigenvalue weighted by Gasteiger charge is -2.11. The molecular formula is C14H20O4. The molecule has 1 rings (SSSR count). The predicted molar refractivity (Wildman–Crippen MR) is 67.8 cm³/mol. The van der Waals surface area contributed by atoms with Crippen LogP contribution in [0.25, 0.3) is 0 Å². The summed E-state index contributed by atoms with van der Waals surface area (Å²) >= 11 is 0. The Morgan fingerprint density at radius 1 is 1.22 bits per heavy atom. The zero-order valence-corrected chi connectivity index (χ0v) is 11.2. The SMILES string of the molecule is C=C1C(=C(C(=O)OCC)C(=O)OCC)CC[C@H]1C. The van der Waals surface area contributed by atoms with Crippen LogP contribution in [0.15, 0.2) is 23.3 Å². The molecule has 4 heteroatoms. The fraction of sp³-hybridized carbons (Fsp3) is 0.571. The van der Waals surface area contributed by atoms with E-state index in [1.165, 1.54) is 0 Å². The molecule has 1 atom stereocenters. The van der Waals surface area contributed by atoms with E-state index in [0.717, 1.165) is 12.0 Å². The number of esters is 2. The molecule has 0 aromatic heterocycles. The molecule has 100 valence electrons. The first kappa shape index (κ1) is 14.5. The van der Waals surface area contributed by atoms with Crippen LogP contribution in [0.1, 0.15) is 33.6 Å². The van der Waals surface area contributed by atoms with Crippen LogP contribution in [0.4, 0.5) is 0 Å². The number of hydrogen-bond donors (Lipinski definition) is 0. The fourth-order valence-electron chi connectivity index (χ4n) is 2.01. The highest BCUT2D eigenvalue weighted by Gasteiger charge is 2.31. The van der Waals surface area contributed by atoms with E-state index in [1.54, 1.807) is 13.8 Å². The summed E-state index contributed by atoms with van der Waals surface area (Å²) in [5.41, 5.74) is 1.55. The largest absolute Gasteiger partial charge is 0.462 e. The molecule has 0 unspecified atom stereocenters. The highest BCUT2D eigenvalue weighted by molar-refractivity contribution is 6.15. The average molecular weight is 252 g/mol. The monoisotopic (exact) mass is 252 g/mol. The van der Waals surface area contributed by atoms with Gasteiger partial charge in [-0.25, -0.2) is 9.59 Å². The Bertz CT molecular complexity index is 373. The van der Waals surface area contributed by atoms with Gasteiger partial charge in [0, 0.05) is 0 Å². The molecule has 0 saturated heterocycles. The van der Waals surface area contributed by atoms with Gasteiger partial charge >= 0.3 is 11.9 Å². The smallest absolute Gasteiger partial charge is 0.345 e. The molecule has 18 heavy (non-hydrogen) atoms. The van der Waals surface area contributed by atoms with Crippen molar-refractivity contribution >= 4 is 11.9 Å². The quantitative estimate of drug-likeness (QED) is 0.333. The second-order valence-electron chi connectivity index (χ2n) is 4.26. The first-order valence-corrected chi connectivity index (χ1v) is 6.29. The van der Waals surface area contributed by atoms with Crippen molar-refractivity contribution in [2.24, 2.45) is 5.92 Å². The number of rotatable bonds is 4. The van der Waals surface area contributed by atoms with Crippen molar-refractivity contribution in [3.05, 3.63) is 23.3 Å². The second-order valence-corrected chi connectivity index (χ2v) is 4.26. The predicted octanol–water partition coefficient (Wildman–Crippen LogP) is 2.40. The van der Waals surface area contributed by atoms with Gasteiger partial charge in [0.15, 0.2) is 0 Å². The Labute approximate surface area is 108 Å². The summed E-state index contributed by atoms with van der Waals surface area (Å²) in [5, 5.41) is 0. The molecule has 1 fully saturated rings. The Hall–Kier alpha value is -1.58. The first-order valence-electron chi connectivity index (χ1n) is 6.29. The highest BCUT2D eigenvalue weighted by atomic mass is 16.6. The third kappa shape index (κ3) is 3.00. The van der Waals surface area contributed by atoms with Crippen molar-refractivity contribution in [1.29, 1.82) is 0 Å². The van der Waals surface area contributed by atoms with Crippen molar-refractivity contribution in [3.63, 3.8) is 0 Å². The van der Waals surface area contributed by atoms with Crippen molar-refractivity contribution < 1.29 is 19.1 Å². The summed E-state index contributed by atoms with van der Waals surface area (Å²) in [6.45, 7) is 9.86. The number of carbonyl (C=O) groups excluding carboxylic acids is 2. The van der Waals surface area contributed by atoms with E-state index in [2.05, 4.69) is 6.58 Å². The number of allylic oxidation sites excluding steroid dienone is 2. The van der Waals surface area contributed by atoms with Crippen molar-refractivity contribution in [1.82, 2.24) is 0 Å². The van der Waals surface area contributed by atoms with Gasteiger partial charge in [-0.15, -0.1) is 0 Å². The number of hydrogen-bond acceptors (Lipinski definition) is 4. The minimum atomic E-state index is -0.610. The van der Waals surface area contributed by atoms with Gasteiger partial charge < -0.3 is 9.47 Å². The first-order chi connectivity index (χ1) is 8.52. The molecule has 1 aliphatic rings. The summed E-state index contributed by atoms with van der Waals surface area (Å²) in [6, 6.07) is 0.